The van der Waals surface area contributed by atoms with Crippen molar-refractivity contribution in [1.29, 1.82) is 0 Å². The van der Waals surface area contributed by atoms with E-state index in [4.69, 9.17) is 5.11 Å². The number of aliphatic hydroxyl groups excluding tert-OH is 1. The molecule has 2 amide bonds. The maximum absolute atomic E-state index is 12.1. The van der Waals surface area contributed by atoms with Gasteiger partial charge in [-0.25, -0.2) is 5.06 Å². The Hall–Kier alpha value is -1.14. The van der Waals surface area contributed by atoms with Crippen molar-refractivity contribution in [3.05, 3.63) is 0 Å². The molecule has 0 bridgehead atoms. The number of nitrogens with zero attached hydrogens (tertiary/aromatic N) is 1. The van der Waals surface area contributed by atoms with Gasteiger partial charge in [0.05, 0.1) is 12.0 Å². The fourth-order valence-corrected chi connectivity index (χ4v) is 3.12. The number of hydrogen-bond acceptors (Lipinski definition) is 4. The van der Waals surface area contributed by atoms with Crippen molar-refractivity contribution in [2.45, 2.75) is 57.9 Å². The molecular formula is C15H28N2O4. The molecule has 1 fully saturated rings. The van der Waals surface area contributed by atoms with E-state index in [0.29, 0.717) is 30.9 Å². The number of carbonyl (C=O) groups excluding carboxylic acids is 2. The number of rotatable bonds is 11. The first-order valence-corrected chi connectivity index (χ1v) is 7.96. The Labute approximate surface area is 126 Å². The maximum Gasteiger partial charge on any atom is 0.233 e. The third-order valence-corrected chi connectivity index (χ3v) is 4.30. The van der Waals surface area contributed by atoms with E-state index < -0.39 is 6.04 Å². The first-order chi connectivity index (χ1) is 10.2. The van der Waals surface area contributed by atoms with Crippen LogP contribution in [-0.2, 0) is 9.59 Å². The van der Waals surface area contributed by atoms with E-state index in [1.807, 2.05) is 0 Å². The zero-order valence-electron chi connectivity index (χ0n) is 12.8. The summed E-state index contributed by atoms with van der Waals surface area (Å²) in [5.41, 5.74) is 0. The molecule has 1 aliphatic rings. The van der Waals surface area contributed by atoms with Gasteiger partial charge in [0.25, 0.3) is 0 Å². The van der Waals surface area contributed by atoms with Crippen LogP contribution >= 0.6 is 0 Å². The topological polar surface area (TPSA) is 89.9 Å². The number of hydrogen-bond donors (Lipinski definition) is 3. The summed E-state index contributed by atoms with van der Waals surface area (Å²) in [5, 5.41) is 22.1. The van der Waals surface area contributed by atoms with Crippen LogP contribution in [0.2, 0.25) is 0 Å². The van der Waals surface area contributed by atoms with E-state index in [-0.39, 0.29) is 24.3 Å². The molecule has 0 saturated carbocycles. The third kappa shape index (κ3) is 5.28. The quantitative estimate of drug-likeness (QED) is 0.232. The van der Waals surface area contributed by atoms with Crippen LogP contribution in [0.4, 0.5) is 0 Å². The average molecular weight is 300 g/mol. The number of hydroxylamine groups is 2. The van der Waals surface area contributed by atoms with Gasteiger partial charge in [-0.3, -0.25) is 14.8 Å². The van der Waals surface area contributed by atoms with Crippen LogP contribution < -0.4 is 5.32 Å². The minimum atomic E-state index is -0.467. The lowest BCUT2D eigenvalue weighted by molar-refractivity contribution is -0.169. The molecule has 1 rings (SSSR count). The minimum Gasteiger partial charge on any atom is -0.396 e. The number of aliphatic hydroxyl groups is 1. The molecule has 0 aromatic rings. The fraction of sp³-hybridized carbons (Fsp3) is 0.867. The van der Waals surface area contributed by atoms with Crippen molar-refractivity contribution in [3.8, 4) is 0 Å². The summed E-state index contributed by atoms with van der Waals surface area (Å²) in [5.74, 6) is -0.222. The molecule has 0 spiro atoms. The van der Waals surface area contributed by atoms with Crippen molar-refractivity contribution in [2.24, 2.45) is 11.8 Å². The SMILES string of the molecule is CCCCC1CNC(=O)C1C(CCCCCO)N(O)C=O. The Morgan fingerprint density at radius 1 is 1.38 bits per heavy atom. The molecule has 3 unspecified atom stereocenters. The Morgan fingerprint density at radius 3 is 2.76 bits per heavy atom. The monoisotopic (exact) mass is 300 g/mol. The van der Waals surface area contributed by atoms with Crippen LogP contribution in [0.1, 0.15) is 51.9 Å². The van der Waals surface area contributed by atoms with E-state index in [1.54, 1.807) is 0 Å². The van der Waals surface area contributed by atoms with Crippen molar-refractivity contribution in [3.63, 3.8) is 0 Å². The molecule has 1 saturated heterocycles. The van der Waals surface area contributed by atoms with Gasteiger partial charge >= 0.3 is 0 Å². The lowest BCUT2D eigenvalue weighted by Gasteiger charge is -2.30. The van der Waals surface area contributed by atoms with Gasteiger partial charge in [0.15, 0.2) is 0 Å². The molecule has 1 heterocycles. The summed E-state index contributed by atoms with van der Waals surface area (Å²) in [6.07, 6.45) is 6.31. The Kier molecular flexibility index (Phi) is 8.30. The van der Waals surface area contributed by atoms with Crippen LogP contribution in [0.3, 0.4) is 0 Å². The van der Waals surface area contributed by atoms with Crippen LogP contribution in [0.25, 0.3) is 0 Å². The molecule has 0 aromatic carbocycles. The molecule has 21 heavy (non-hydrogen) atoms. The summed E-state index contributed by atoms with van der Waals surface area (Å²) in [6.45, 7) is 2.88. The summed E-state index contributed by atoms with van der Waals surface area (Å²) in [7, 11) is 0. The van der Waals surface area contributed by atoms with Gasteiger partial charge in [0.2, 0.25) is 12.3 Å². The Balaban J connectivity index is 2.68. The first kappa shape index (κ1) is 17.9. The van der Waals surface area contributed by atoms with Gasteiger partial charge in [0.1, 0.15) is 0 Å². The number of unbranched alkanes of at least 4 members (excludes halogenated alkanes) is 3. The molecule has 0 radical (unpaired) electrons. The molecule has 1 aliphatic heterocycles. The Morgan fingerprint density at radius 2 is 2.14 bits per heavy atom. The summed E-state index contributed by atoms with van der Waals surface area (Å²) in [6, 6.07) is -0.467. The lowest BCUT2D eigenvalue weighted by atomic mass is 9.83. The van der Waals surface area contributed by atoms with Gasteiger partial charge in [-0.05, 0) is 25.2 Å². The normalized spacial score (nSPS) is 22.9. The second-order valence-corrected chi connectivity index (χ2v) is 5.80. The molecule has 3 N–H and O–H groups in total. The maximum atomic E-state index is 12.1. The lowest BCUT2D eigenvalue weighted by Crippen LogP contribution is -2.43. The van der Waals surface area contributed by atoms with Crippen molar-refractivity contribution in [2.75, 3.05) is 13.2 Å². The summed E-state index contributed by atoms with van der Waals surface area (Å²) < 4.78 is 0. The number of nitrogens with one attached hydrogen (secondary N) is 1. The van der Waals surface area contributed by atoms with E-state index >= 15 is 0 Å². The highest BCUT2D eigenvalue weighted by molar-refractivity contribution is 5.82. The number of amides is 2. The second kappa shape index (κ2) is 9.73. The zero-order chi connectivity index (χ0) is 15.7. The highest BCUT2D eigenvalue weighted by atomic mass is 16.5. The van der Waals surface area contributed by atoms with Crippen LogP contribution in [0.15, 0.2) is 0 Å². The predicted molar refractivity (Wildman–Crippen MR) is 78.5 cm³/mol. The van der Waals surface area contributed by atoms with Crippen molar-refractivity contribution in [1.82, 2.24) is 10.4 Å². The fourth-order valence-electron chi connectivity index (χ4n) is 3.12. The predicted octanol–water partition coefficient (Wildman–Crippen LogP) is 1.31. The highest BCUT2D eigenvalue weighted by Crippen LogP contribution is 2.30. The largest absolute Gasteiger partial charge is 0.396 e. The van der Waals surface area contributed by atoms with Gasteiger partial charge in [-0.1, -0.05) is 32.6 Å². The van der Waals surface area contributed by atoms with Gasteiger partial charge in [0, 0.05) is 13.2 Å². The zero-order valence-corrected chi connectivity index (χ0v) is 12.8. The van der Waals surface area contributed by atoms with Gasteiger partial charge in [-0.15, -0.1) is 0 Å². The molecule has 122 valence electrons. The Bertz CT molecular complexity index is 325. The minimum absolute atomic E-state index is 0.0656. The average Bonchev–Trinajstić information content (AvgIpc) is 2.85. The smallest absolute Gasteiger partial charge is 0.233 e. The van der Waals surface area contributed by atoms with E-state index in [0.717, 1.165) is 32.1 Å². The van der Waals surface area contributed by atoms with E-state index in [1.165, 1.54) is 0 Å². The van der Waals surface area contributed by atoms with E-state index in [2.05, 4.69) is 12.2 Å². The molecule has 3 atom stereocenters. The third-order valence-electron chi connectivity index (χ3n) is 4.30. The summed E-state index contributed by atoms with van der Waals surface area (Å²) >= 11 is 0. The molecule has 6 heteroatoms. The van der Waals surface area contributed by atoms with Gasteiger partial charge in [-0.2, -0.15) is 0 Å². The number of carbonyl (C=O) groups is 2. The molecule has 0 aliphatic carbocycles. The van der Waals surface area contributed by atoms with Crippen molar-refractivity contribution < 1.29 is 19.9 Å². The molecular weight excluding hydrogens is 272 g/mol. The first-order valence-electron chi connectivity index (χ1n) is 7.96. The highest BCUT2D eigenvalue weighted by Gasteiger charge is 2.41. The second-order valence-electron chi connectivity index (χ2n) is 5.80. The molecule has 0 aromatic heterocycles. The van der Waals surface area contributed by atoms with Crippen LogP contribution in [0, 0.1) is 11.8 Å². The van der Waals surface area contributed by atoms with Gasteiger partial charge < -0.3 is 10.4 Å². The van der Waals surface area contributed by atoms with Crippen LogP contribution in [0.5, 0.6) is 0 Å². The molecule has 6 nitrogen and oxygen atoms in total. The summed E-state index contributed by atoms with van der Waals surface area (Å²) in [4.78, 5) is 23.0. The van der Waals surface area contributed by atoms with Crippen LogP contribution in [-0.4, -0.2) is 46.9 Å². The standard InChI is InChI=1S/C15H28N2O4/c1-2-3-7-12-10-16-15(20)14(12)13(17(21)11-19)8-5-4-6-9-18/h11-14,18,21H,2-10H2,1H3,(H,16,20). The van der Waals surface area contributed by atoms with E-state index in [9.17, 15) is 14.8 Å². The van der Waals surface area contributed by atoms with Crippen molar-refractivity contribution >= 4 is 12.3 Å².